The van der Waals surface area contributed by atoms with Crippen molar-refractivity contribution >= 4 is 11.6 Å². The van der Waals surface area contributed by atoms with Gasteiger partial charge in [-0.2, -0.15) is 0 Å². The number of aryl methyl sites for hydroxylation is 1. The Balaban J connectivity index is 1.94. The number of guanidine groups is 1. The summed E-state index contributed by atoms with van der Waals surface area (Å²) >= 11 is 0. The molecule has 1 aliphatic carbocycles. The highest BCUT2D eigenvalue weighted by molar-refractivity contribution is 5.92. The van der Waals surface area contributed by atoms with E-state index in [9.17, 15) is 5.11 Å². The van der Waals surface area contributed by atoms with Gasteiger partial charge < -0.3 is 16.2 Å². The van der Waals surface area contributed by atoms with Crippen LogP contribution in [-0.2, 0) is 0 Å². The molecule has 110 valence electrons. The zero-order valence-electron chi connectivity index (χ0n) is 12.4. The number of nitrogens with two attached hydrogens (primary N) is 1. The van der Waals surface area contributed by atoms with Crippen molar-refractivity contribution in [2.75, 3.05) is 11.9 Å². The van der Waals surface area contributed by atoms with Crippen LogP contribution in [-0.4, -0.2) is 23.7 Å². The molecule has 20 heavy (non-hydrogen) atoms. The highest BCUT2D eigenvalue weighted by Gasteiger charge is 2.35. The summed E-state index contributed by atoms with van der Waals surface area (Å²) in [5.74, 6) is 0.410. The maximum absolute atomic E-state index is 10.1. The number of aliphatic imine (C=N–C) groups is 1. The first-order valence-electron chi connectivity index (χ1n) is 7.31. The third kappa shape index (κ3) is 3.73. The summed E-state index contributed by atoms with van der Waals surface area (Å²) in [5, 5.41) is 13.2. The van der Waals surface area contributed by atoms with Gasteiger partial charge in [0, 0.05) is 11.1 Å². The molecule has 1 fully saturated rings. The second kappa shape index (κ2) is 6.27. The number of anilines is 1. The Morgan fingerprint density at radius 2 is 2.10 bits per heavy atom. The molecule has 0 radical (unpaired) electrons. The van der Waals surface area contributed by atoms with Crippen molar-refractivity contribution in [3.05, 3.63) is 29.8 Å². The van der Waals surface area contributed by atoms with Gasteiger partial charge in [-0.3, -0.25) is 4.99 Å². The van der Waals surface area contributed by atoms with Crippen LogP contribution in [0.3, 0.4) is 0 Å². The molecule has 0 bridgehead atoms. The summed E-state index contributed by atoms with van der Waals surface area (Å²) in [6, 6.07) is 8.02. The molecule has 4 N–H and O–H groups in total. The predicted molar refractivity (Wildman–Crippen MR) is 83.9 cm³/mol. The van der Waals surface area contributed by atoms with Crippen LogP contribution in [0.25, 0.3) is 0 Å². The van der Waals surface area contributed by atoms with Gasteiger partial charge in [0.25, 0.3) is 0 Å². The first kappa shape index (κ1) is 14.9. The molecule has 2 rings (SSSR count). The van der Waals surface area contributed by atoms with Gasteiger partial charge in [0.2, 0.25) is 0 Å². The second-order valence-corrected chi connectivity index (χ2v) is 6.11. The van der Waals surface area contributed by atoms with E-state index in [2.05, 4.69) is 17.2 Å². The monoisotopic (exact) mass is 275 g/mol. The Morgan fingerprint density at radius 1 is 1.40 bits per heavy atom. The number of nitrogens with zero attached hydrogens (tertiary/aromatic N) is 1. The van der Waals surface area contributed by atoms with Crippen LogP contribution in [0.2, 0.25) is 0 Å². The molecule has 4 heteroatoms. The van der Waals surface area contributed by atoms with Gasteiger partial charge in [-0.15, -0.1) is 0 Å². The van der Waals surface area contributed by atoms with Crippen molar-refractivity contribution in [1.29, 1.82) is 0 Å². The summed E-state index contributed by atoms with van der Waals surface area (Å²) in [5.41, 5.74) is 7.93. The number of aliphatic hydroxyl groups excluding tert-OH is 1. The first-order valence-corrected chi connectivity index (χ1v) is 7.31. The van der Waals surface area contributed by atoms with Crippen molar-refractivity contribution in [3.8, 4) is 0 Å². The lowest BCUT2D eigenvalue weighted by atomic mass is 9.73. The molecule has 4 nitrogen and oxygen atoms in total. The number of hydrogen-bond donors (Lipinski definition) is 3. The standard InChI is InChI=1S/C16H25N3O/c1-12-6-8-13(9-7-12)19-15(17)18-11-16(2)10-4-3-5-14(16)20/h6-9,14,20H,3-5,10-11H2,1-2H3,(H3,17,18,19). The largest absolute Gasteiger partial charge is 0.392 e. The van der Waals surface area contributed by atoms with Gasteiger partial charge in [0.1, 0.15) is 0 Å². The van der Waals surface area contributed by atoms with Crippen LogP contribution in [0.4, 0.5) is 5.69 Å². The number of benzene rings is 1. The van der Waals surface area contributed by atoms with E-state index < -0.39 is 0 Å². The van der Waals surface area contributed by atoms with Crippen molar-refractivity contribution in [2.24, 2.45) is 16.1 Å². The highest BCUT2D eigenvalue weighted by Crippen LogP contribution is 2.36. The molecule has 0 aromatic heterocycles. The van der Waals surface area contributed by atoms with E-state index in [0.29, 0.717) is 12.5 Å². The van der Waals surface area contributed by atoms with Crippen LogP contribution in [0.1, 0.15) is 38.2 Å². The van der Waals surface area contributed by atoms with Gasteiger partial charge in [-0.25, -0.2) is 0 Å². The van der Waals surface area contributed by atoms with Crippen LogP contribution in [0, 0.1) is 12.3 Å². The highest BCUT2D eigenvalue weighted by atomic mass is 16.3. The van der Waals surface area contributed by atoms with Gasteiger partial charge >= 0.3 is 0 Å². The molecule has 0 heterocycles. The lowest BCUT2D eigenvalue weighted by Crippen LogP contribution is -2.39. The Kier molecular flexibility index (Phi) is 4.65. The SMILES string of the molecule is Cc1ccc(NC(N)=NCC2(C)CCCCC2O)cc1. The lowest BCUT2D eigenvalue weighted by Gasteiger charge is -2.37. The van der Waals surface area contributed by atoms with E-state index in [4.69, 9.17) is 5.73 Å². The van der Waals surface area contributed by atoms with Crippen LogP contribution in [0.5, 0.6) is 0 Å². The topological polar surface area (TPSA) is 70.6 Å². The minimum atomic E-state index is -0.271. The second-order valence-electron chi connectivity index (χ2n) is 6.11. The number of nitrogens with one attached hydrogen (secondary N) is 1. The zero-order chi connectivity index (χ0) is 14.6. The molecule has 2 atom stereocenters. The average molecular weight is 275 g/mol. The molecule has 0 amide bonds. The third-order valence-corrected chi connectivity index (χ3v) is 4.21. The van der Waals surface area contributed by atoms with Crippen LogP contribution >= 0.6 is 0 Å². The number of aliphatic hydroxyl groups is 1. The summed E-state index contributed by atoms with van der Waals surface area (Å²) in [7, 11) is 0. The summed E-state index contributed by atoms with van der Waals surface area (Å²) in [6.45, 7) is 4.71. The average Bonchev–Trinajstić information content (AvgIpc) is 2.43. The van der Waals surface area contributed by atoms with E-state index in [1.165, 1.54) is 5.56 Å². The molecule has 2 unspecified atom stereocenters. The van der Waals surface area contributed by atoms with Gasteiger partial charge in [0.05, 0.1) is 12.6 Å². The number of rotatable bonds is 3. The normalized spacial score (nSPS) is 27.4. The quantitative estimate of drug-likeness (QED) is 0.586. The van der Waals surface area contributed by atoms with Crippen molar-refractivity contribution in [3.63, 3.8) is 0 Å². The Labute approximate surface area is 121 Å². The van der Waals surface area contributed by atoms with Gasteiger partial charge in [-0.1, -0.05) is 37.5 Å². The van der Waals surface area contributed by atoms with Crippen LogP contribution in [0.15, 0.2) is 29.3 Å². The fourth-order valence-electron chi connectivity index (χ4n) is 2.66. The van der Waals surface area contributed by atoms with Crippen molar-refractivity contribution < 1.29 is 5.11 Å². The van der Waals surface area contributed by atoms with Crippen molar-refractivity contribution in [2.45, 2.75) is 45.6 Å². The summed E-state index contributed by atoms with van der Waals surface area (Å²) in [6.07, 6.45) is 3.88. The minimum Gasteiger partial charge on any atom is -0.392 e. The molecule has 1 aromatic rings. The number of hydrogen-bond acceptors (Lipinski definition) is 2. The van der Waals surface area contributed by atoms with E-state index in [0.717, 1.165) is 31.4 Å². The van der Waals surface area contributed by atoms with E-state index in [-0.39, 0.29) is 11.5 Å². The Morgan fingerprint density at radius 3 is 2.75 bits per heavy atom. The molecule has 1 saturated carbocycles. The minimum absolute atomic E-state index is 0.141. The summed E-state index contributed by atoms with van der Waals surface area (Å²) < 4.78 is 0. The lowest BCUT2D eigenvalue weighted by molar-refractivity contribution is 0.00724. The zero-order valence-corrected chi connectivity index (χ0v) is 12.4. The maximum atomic E-state index is 10.1. The fourth-order valence-corrected chi connectivity index (χ4v) is 2.66. The molecule has 0 aliphatic heterocycles. The molecular weight excluding hydrogens is 250 g/mol. The Bertz CT molecular complexity index is 469. The fraction of sp³-hybridized carbons (Fsp3) is 0.562. The van der Waals surface area contributed by atoms with Crippen molar-refractivity contribution in [1.82, 2.24) is 0 Å². The van der Waals surface area contributed by atoms with E-state index in [1.54, 1.807) is 0 Å². The van der Waals surface area contributed by atoms with E-state index >= 15 is 0 Å². The molecule has 1 aromatic carbocycles. The molecular formula is C16H25N3O. The molecule has 0 spiro atoms. The first-order chi connectivity index (χ1) is 9.49. The predicted octanol–water partition coefficient (Wildman–Crippen LogP) is 2.66. The third-order valence-electron chi connectivity index (χ3n) is 4.21. The Hall–Kier alpha value is -1.55. The van der Waals surface area contributed by atoms with E-state index in [1.807, 2.05) is 31.2 Å². The molecule has 1 aliphatic rings. The maximum Gasteiger partial charge on any atom is 0.193 e. The van der Waals surface area contributed by atoms with Gasteiger partial charge in [-0.05, 0) is 31.9 Å². The smallest absolute Gasteiger partial charge is 0.193 e. The molecule has 0 saturated heterocycles. The summed E-state index contributed by atoms with van der Waals surface area (Å²) in [4.78, 5) is 4.41. The van der Waals surface area contributed by atoms with Crippen LogP contribution < -0.4 is 11.1 Å². The van der Waals surface area contributed by atoms with Gasteiger partial charge in [0.15, 0.2) is 5.96 Å².